The molecule has 0 aliphatic rings. The highest BCUT2D eigenvalue weighted by Crippen LogP contribution is 2.43. The molecule has 0 bridgehead atoms. The van der Waals surface area contributed by atoms with Crippen molar-refractivity contribution >= 4 is 25.7 Å². The lowest BCUT2D eigenvalue weighted by atomic mass is 10.1. The van der Waals surface area contributed by atoms with Gasteiger partial charge in [-0.3, -0.25) is 23.4 Å². The maximum atomic E-state index is 12.9. The lowest BCUT2D eigenvalue weighted by Crippen LogP contribution is -2.30. The topological polar surface area (TPSA) is 155 Å². The van der Waals surface area contributed by atoms with Crippen LogP contribution in [0.5, 0.6) is 0 Å². The molecule has 0 amide bonds. The molecule has 3 unspecified atom stereocenters. The van der Waals surface area contributed by atoms with Gasteiger partial charge < -0.3 is 24.2 Å². The van der Waals surface area contributed by atoms with Gasteiger partial charge in [0.15, 0.2) is 6.10 Å². The highest BCUT2D eigenvalue weighted by Gasteiger charge is 2.28. The molecule has 0 fully saturated rings. The molecule has 0 saturated carbocycles. The summed E-state index contributed by atoms with van der Waals surface area (Å²) in [6.45, 7) is 4.18. The number of esters is 3. The molecule has 0 heterocycles. The number of aliphatic hydroxyl groups is 1. The van der Waals surface area contributed by atoms with E-state index in [-0.39, 0.29) is 25.9 Å². The lowest BCUT2D eigenvalue weighted by Gasteiger charge is -2.21. The second kappa shape index (κ2) is 53.2. The van der Waals surface area contributed by atoms with Gasteiger partial charge in [-0.15, -0.1) is 0 Å². The largest absolute Gasteiger partial charge is 0.472 e. The maximum absolute atomic E-state index is 12.9. The minimum Gasteiger partial charge on any atom is -0.462 e. The number of carbonyl (C=O) groups excluding carboxylic acids is 3. The predicted octanol–water partition coefficient (Wildman–Crippen LogP) is 16.0. The summed E-state index contributed by atoms with van der Waals surface area (Å²) in [6, 6.07) is 0. The summed E-state index contributed by atoms with van der Waals surface area (Å²) in [5, 5.41) is 9.79. The number of allylic oxidation sites excluding steroid dienone is 20. The quantitative estimate of drug-likeness (QED) is 0.0197. The fraction of sp³-hybridized carbons (Fsp3) is 0.617. The van der Waals surface area contributed by atoms with Gasteiger partial charge in [0.25, 0.3) is 0 Å². The predicted molar refractivity (Wildman–Crippen MR) is 297 cm³/mol. The molecule has 0 aromatic heterocycles. The van der Waals surface area contributed by atoms with E-state index in [4.69, 9.17) is 23.3 Å². The van der Waals surface area contributed by atoms with Crippen LogP contribution in [0.15, 0.2) is 122 Å². The number of hydrogen-bond donors (Lipinski definition) is 2. The lowest BCUT2D eigenvalue weighted by molar-refractivity contribution is -0.161. The van der Waals surface area contributed by atoms with Gasteiger partial charge in [-0.2, -0.15) is 0 Å². The summed E-state index contributed by atoms with van der Waals surface area (Å²) in [5.41, 5.74) is 0. The molecular formula is C60H97O11P. The fourth-order valence-corrected chi connectivity index (χ4v) is 7.57. The third kappa shape index (κ3) is 50.8. The molecule has 0 rings (SSSR count). The number of unbranched alkanes of at least 4 members (excludes halogenated alkanes) is 12. The molecule has 2 N–H and O–H groups in total. The Hall–Kier alpha value is -4.12. The number of phosphoric acid groups is 1. The second-order valence-corrected chi connectivity index (χ2v) is 19.1. The van der Waals surface area contributed by atoms with Gasteiger partial charge in [0, 0.05) is 19.3 Å². The molecule has 0 aromatic carbocycles. The zero-order valence-corrected chi connectivity index (χ0v) is 45.7. The van der Waals surface area contributed by atoms with Gasteiger partial charge in [-0.25, -0.2) is 4.57 Å². The number of carbonyl (C=O) groups is 3. The van der Waals surface area contributed by atoms with E-state index in [1.807, 2.05) is 0 Å². The normalized spacial score (nSPS) is 14.3. The van der Waals surface area contributed by atoms with Gasteiger partial charge in [0.2, 0.25) is 0 Å². The molecule has 0 radical (unpaired) electrons. The zero-order valence-electron chi connectivity index (χ0n) is 44.8. The van der Waals surface area contributed by atoms with E-state index in [2.05, 4.69) is 142 Å². The summed E-state index contributed by atoms with van der Waals surface area (Å²) < 4.78 is 39.4. The minimum absolute atomic E-state index is 0.104. The number of phosphoric ester groups is 1. The van der Waals surface area contributed by atoms with Crippen LogP contribution in [-0.2, 0) is 42.2 Å². The van der Waals surface area contributed by atoms with E-state index in [0.717, 1.165) is 128 Å². The van der Waals surface area contributed by atoms with Crippen molar-refractivity contribution in [1.82, 2.24) is 0 Å². The van der Waals surface area contributed by atoms with Gasteiger partial charge in [-0.1, -0.05) is 181 Å². The SMILES string of the molecule is CC/C=C\C/C=C\C/C=C\C/C=C\CCCCC(=O)OC(COC(=O)CCCCCCCCC/C=C\C/C=C\C/C=C\CC)COP(=O)(O)OCC(CO)OC(=O)CCCCC/C=C\C/C=C\C/C=C\CC. The van der Waals surface area contributed by atoms with Crippen molar-refractivity contribution < 1.29 is 52.2 Å². The Morgan fingerprint density at radius 3 is 1.08 bits per heavy atom. The van der Waals surface area contributed by atoms with Gasteiger partial charge in [0.1, 0.15) is 12.7 Å². The molecule has 408 valence electrons. The maximum Gasteiger partial charge on any atom is 0.472 e. The third-order valence-electron chi connectivity index (χ3n) is 10.9. The Bertz CT molecular complexity index is 1670. The van der Waals surface area contributed by atoms with Crippen molar-refractivity contribution in [2.75, 3.05) is 26.4 Å². The molecule has 0 aliphatic heterocycles. The third-order valence-corrected chi connectivity index (χ3v) is 11.8. The Labute approximate surface area is 437 Å². The van der Waals surface area contributed by atoms with Crippen molar-refractivity contribution in [2.45, 2.75) is 213 Å². The average molecular weight is 1030 g/mol. The summed E-state index contributed by atoms with van der Waals surface area (Å²) in [5.74, 6) is -1.57. The van der Waals surface area contributed by atoms with Gasteiger partial charge in [-0.05, 0) is 122 Å². The van der Waals surface area contributed by atoms with Gasteiger partial charge in [0.05, 0.1) is 19.8 Å². The minimum atomic E-state index is -4.77. The molecule has 11 nitrogen and oxygen atoms in total. The highest BCUT2D eigenvalue weighted by atomic mass is 31.2. The smallest absolute Gasteiger partial charge is 0.462 e. The van der Waals surface area contributed by atoms with Gasteiger partial charge >= 0.3 is 25.7 Å². The monoisotopic (exact) mass is 1020 g/mol. The Morgan fingerprint density at radius 1 is 0.389 bits per heavy atom. The van der Waals surface area contributed by atoms with Crippen LogP contribution in [0.1, 0.15) is 201 Å². The molecule has 0 aromatic rings. The molecular weight excluding hydrogens is 928 g/mol. The van der Waals surface area contributed by atoms with Crippen LogP contribution >= 0.6 is 7.82 Å². The molecule has 72 heavy (non-hydrogen) atoms. The summed E-state index contributed by atoms with van der Waals surface area (Å²) >= 11 is 0. The van der Waals surface area contributed by atoms with Crippen molar-refractivity contribution in [3.8, 4) is 0 Å². The summed E-state index contributed by atoms with van der Waals surface area (Å²) in [7, 11) is -4.77. The van der Waals surface area contributed by atoms with Crippen LogP contribution in [-0.4, -0.2) is 66.5 Å². The van der Waals surface area contributed by atoms with Crippen molar-refractivity contribution in [1.29, 1.82) is 0 Å². The Morgan fingerprint density at radius 2 is 0.681 bits per heavy atom. The van der Waals surface area contributed by atoms with Crippen molar-refractivity contribution in [2.24, 2.45) is 0 Å². The summed E-state index contributed by atoms with van der Waals surface area (Å²) in [6.07, 6.45) is 64.5. The van der Waals surface area contributed by atoms with Crippen molar-refractivity contribution in [3.05, 3.63) is 122 Å². The van der Waals surface area contributed by atoms with Crippen LogP contribution < -0.4 is 0 Å². The standard InChI is InChI=1S/C60H97O11P/c1-4-7-10-13-16-19-22-25-27-28-30-32-34-37-40-43-46-49-58(62)67-53-57(71-60(64)51-48-45-42-39-36-33-29-26-23-20-17-14-11-8-5-2)55-69-72(65,66)68-54-56(52-61)70-59(63)50-47-44-41-38-35-31-24-21-18-15-12-9-6-3/h7-12,16-21,25-27,29,31,35-36,39,56-57,61H,4-6,13-15,22-24,28,30,32-34,37-38,40-55H2,1-3H3,(H,65,66)/b10-7-,11-8-,12-9-,19-16-,20-17-,21-18-,27-25-,29-26-,35-31-,39-36-. The van der Waals surface area contributed by atoms with Crippen LogP contribution in [0, 0.1) is 0 Å². The summed E-state index contributed by atoms with van der Waals surface area (Å²) in [4.78, 5) is 48.4. The highest BCUT2D eigenvalue weighted by molar-refractivity contribution is 7.47. The number of hydrogen-bond acceptors (Lipinski definition) is 10. The fourth-order valence-electron chi connectivity index (χ4n) is 6.79. The number of ether oxygens (including phenoxy) is 3. The average Bonchev–Trinajstić information content (AvgIpc) is 3.37. The first-order valence-electron chi connectivity index (χ1n) is 27.4. The first kappa shape index (κ1) is 67.9. The van der Waals surface area contributed by atoms with Crippen LogP contribution in [0.25, 0.3) is 0 Å². The van der Waals surface area contributed by atoms with E-state index < -0.39 is 57.8 Å². The van der Waals surface area contributed by atoms with E-state index in [9.17, 15) is 28.9 Å². The number of aliphatic hydroxyl groups excluding tert-OH is 1. The van der Waals surface area contributed by atoms with E-state index in [1.54, 1.807) is 0 Å². The first-order chi connectivity index (χ1) is 35.2. The Balaban J connectivity index is 4.85. The van der Waals surface area contributed by atoms with E-state index in [1.165, 1.54) is 12.8 Å². The second-order valence-electron chi connectivity index (χ2n) is 17.6. The molecule has 0 spiro atoms. The number of rotatable bonds is 49. The molecule has 3 atom stereocenters. The molecule has 0 aliphatic carbocycles. The van der Waals surface area contributed by atoms with Crippen molar-refractivity contribution in [3.63, 3.8) is 0 Å². The van der Waals surface area contributed by atoms with Crippen LogP contribution in [0.3, 0.4) is 0 Å². The van der Waals surface area contributed by atoms with E-state index >= 15 is 0 Å². The molecule has 12 heteroatoms. The molecule has 0 saturated heterocycles. The van der Waals surface area contributed by atoms with E-state index in [0.29, 0.717) is 19.3 Å². The first-order valence-corrected chi connectivity index (χ1v) is 28.9. The zero-order chi connectivity index (χ0) is 52.7. The van der Waals surface area contributed by atoms with Crippen LogP contribution in [0.4, 0.5) is 0 Å². The van der Waals surface area contributed by atoms with Crippen LogP contribution in [0.2, 0.25) is 0 Å². The Kier molecular flexibility index (Phi) is 50.1.